The van der Waals surface area contributed by atoms with E-state index in [4.69, 9.17) is 4.98 Å². The number of rotatable bonds is 4. The Hall–Kier alpha value is -2.96. The van der Waals surface area contributed by atoms with E-state index in [2.05, 4.69) is 21.8 Å². The number of benzene rings is 1. The second-order valence-electron chi connectivity index (χ2n) is 6.84. The maximum absolute atomic E-state index is 13.3. The largest absolute Gasteiger partial charge is 0.324 e. The average molecular weight is 367 g/mol. The first-order valence-corrected chi connectivity index (χ1v) is 9.28. The van der Waals surface area contributed by atoms with Gasteiger partial charge >= 0.3 is 6.03 Å². The highest BCUT2D eigenvalue weighted by molar-refractivity contribution is 5.89. The quantitative estimate of drug-likeness (QED) is 0.758. The van der Waals surface area contributed by atoms with Crippen molar-refractivity contribution in [3.63, 3.8) is 0 Å². The number of carbonyl (C=O) groups is 1. The first-order chi connectivity index (χ1) is 13.2. The highest BCUT2D eigenvalue weighted by Gasteiger charge is 2.31. The average Bonchev–Trinajstić information content (AvgIpc) is 3.27. The topological polar surface area (TPSA) is 63.1 Å². The summed E-state index contributed by atoms with van der Waals surface area (Å²) in [6, 6.07) is 9.59. The standard InChI is InChI=1S/C20H22FN5O/c1-2-10-26-18(24-17-7-4-9-22-19(17)26)14-8-11-25(13-14)20(27)23-16-6-3-5-15(21)12-16/h3-7,9,12,14H,2,8,10-11,13H2,1H3,(H,23,27). The molecule has 6 nitrogen and oxygen atoms in total. The van der Waals surface area contributed by atoms with E-state index < -0.39 is 0 Å². The number of aromatic nitrogens is 3. The van der Waals surface area contributed by atoms with E-state index in [-0.39, 0.29) is 17.8 Å². The van der Waals surface area contributed by atoms with Crippen molar-refractivity contribution in [3.8, 4) is 0 Å². The molecule has 0 spiro atoms. The molecule has 1 atom stereocenters. The minimum absolute atomic E-state index is 0.170. The number of amides is 2. The molecule has 3 aromatic rings. The Bertz CT molecular complexity index is 970. The number of carbonyl (C=O) groups excluding carboxylic acids is 1. The van der Waals surface area contributed by atoms with Crippen molar-refractivity contribution in [2.75, 3.05) is 18.4 Å². The number of imidazole rings is 1. The molecule has 1 saturated heterocycles. The van der Waals surface area contributed by atoms with Gasteiger partial charge in [0.2, 0.25) is 0 Å². The molecule has 1 aliphatic heterocycles. The number of halogens is 1. The number of pyridine rings is 1. The molecule has 1 fully saturated rings. The van der Waals surface area contributed by atoms with Crippen molar-refractivity contribution in [3.05, 3.63) is 54.2 Å². The third-order valence-corrected chi connectivity index (χ3v) is 4.90. The summed E-state index contributed by atoms with van der Waals surface area (Å²) in [5.41, 5.74) is 2.26. The predicted octanol–water partition coefficient (Wildman–Crippen LogP) is 4.00. The Morgan fingerprint density at radius 3 is 3.04 bits per heavy atom. The molecule has 1 aliphatic rings. The molecule has 27 heavy (non-hydrogen) atoms. The molecule has 3 heterocycles. The number of nitrogens with zero attached hydrogens (tertiary/aromatic N) is 4. The zero-order chi connectivity index (χ0) is 18.8. The number of urea groups is 1. The third kappa shape index (κ3) is 3.49. The second-order valence-corrected chi connectivity index (χ2v) is 6.84. The molecule has 0 saturated carbocycles. The summed E-state index contributed by atoms with van der Waals surface area (Å²) in [7, 11) is 0. The second kappa shape index (κ2) is 7.34. The lowest BCUT2D eigenvalue weighted by molar-refractivity contribution is 0.222. The van der Waals surface area contributed by atoms with E-state index >= 15 is 0 Å². The minimum atomic E-state index is -0.368. The Balaban J connectivity index is 1.52. The van der Waals surface area contributed by atoms with Gasteiger partial charge in [0.1, 0.15) is 17.2 Å². The van der Waals surface area contributed by atoms with Crippen molar-refractivity contribution in [1.82, 2.24) is 19.4 Å². The van der Waals surface area contributed by atoms with Crippen LogP contribution in [0.25, 0.3) is 11.2 Å². The van der Waals surface area contributed by atoms with Crippen LogP contribution >= 0.6 is 0 Å². The normalized spacial score (nSPS) is 16.8. The Morgan fingerprint density at radius 2 is 2.22 bits per heavy atom. The summed E-state index contributed by atoms with van der Waals surface area (Å²) in [4.78, 5) is 23.6. The maximum Gasteiger partial charge on any atom is 0.321 e. The maximum atomic E-state index is 13.3. The van der Waals surface area contributed by atoms with Crippen molar-refractivity contribution in [1.29, 1.82) is 0 Å². The molecular formula is C20H22FN5O. The SMILES string of the molecule is CCCn1c(C2CCN(C(=O)Nc3cccc(F)c3)C2)nc2cccnc21. The Kier molecular flexibility index (Phi) is 4.75. The third-order valence-electron chi connectivity index (χ3n) is 4.90. The van der Waals surface area contributed by atoms with Crippen molar-refractivity contribution in [2.45, 2.75) is 32.2 Å². The van der Waals surface area contributed by atoms with Gasteiger partial charge in [0.25, 0.3) is 0 Å². The van der Waals surface area contributed by atoms with Crippen molar-refractivity contribution in [2.24, 2.45) is 0 Å². The van der Waals surface area contributed by atoms with E-state index in [1.54, 1.807) is 23.2 Å². The number of likely N-dealkylation sites (tertiary alicyclic amines) is 1. The van der Waals surface area contributed by atoms with Gasteiger partial charge in [0.15, 0.2) is 5.65 Å². The van der Waals surface area contributed by atoms with E-state index in [0.717, 1.165) is 36.4 Å². The summed E-state index contributed by atoms with van der Waals surface area (Å²) >= 11 is 0. The molecule has 1 N–H and O–H groups in total. The van der Waals surface area contributed by atoms with Crippen LogP contribution in [0.4, 0.5) is 14.9 Å². The highest BCUT2D eigenvalue weighted by Crippen LogP contribution is 2.29. The van der Waals surface area contributed by atoms with E-state index in [0.29, 0.717) is 18.8 Å². The monoisotopic (exact) mass is 367 g/mol. The summed E-state index contributed by atoms with van der Waals surface area (Å²) in [6.07, 6.45) is 3.63. The fourth-order valence-corrected chi connectivity index (χ4v) is 3.66. The van der Waals surface area contributed by atoms with Gasteiger partial charge in [-0.1, -0.05) is 13.0 Å². The lowest BCUT2D eigenvalue weighted by atomic mass is 10.1. The number of hydrogen-bond donors (Lipinski definition) is 1. The molecule has 1 aromatic carbocycles. The van der Waals surface area contributed by atoms with E-state index in [1.165, 1.54) is 12.1 Å². The molecule has 0 radical (unpaired) electrons. The van der Waals surface area contributed by atoms with Crippen LogP contribution in [0.15, 0.2) is 42.6 Å². The molecule has 1 unspecified atom stereocenters. The van der Waals surface area contributed by atoms with E-state index in [1.807, 2.05) is 12.1 Å². The predicted molar refractivity (Wildman–Crippen MR) is 102 cm³/mol. The fraction of sp³-hybridized carbons (Fsp3) is 0.350. The van der Waals surface area contributed by atoms with Crippen LogP contribution in [0.1, 0.15) is 31.5 Å². The molecule has 140 valence electrons. The van der Waals surface area contributed by atoms with Gasteiger partial charge in [-0.3, -0.25) is 0 Å². The number of nitrogens with one attached hydrogen (secondary N) is 1. The first-order valence-electron chi connectivity index (χ1n) is 9.28. The molecule has 4 rings (SSSR count). The van der Waals surface area contributed by atoms with Crippen LogP contribution in [-0.4, -0.2) is 38.6 Å². The molecule has 0 bridgehead atoms. The molecule has 7 heteroatoms. The molecule has 0 aliphatic carbocycles. The van der Waals surface area contributed by atoms with Crippen molar-refractivity contribution < 1.29 is 9.18 Å². The van der Waals surface area contributed by atoms with Crippen LogP contribution < -0.4 is 5.32 Å². The number of hydrogen-bond acceptors (Lipinski definition) is 3. The van der Waals surface area contributed by atoms with Gasteiger partial charge in [0, 0.05) is 37.4 Å². The van der Waals surface area contributed by atoms with Gasteiger partial charge in [0.05, 0.1) is 0 Å². The van der Waals surface area contributed by atoms with Crippen molar-refractivity contribution >= 4 is 22.9 Å². The zero-order valence-electron chi connectivity index (χ0n) is 15.2. The van der Waals surface area contributed by atoms with Crippen LogP contribution in [0.3, 0.4) is 0 Å². The number of anilines is 1. The number of aryl methyl sites for hydroxylation is 1. The lowest BCUT2D eigenvalue weighted by Gasteiger charge is -2.18. The Morgan fingerprint density at radius 1 is 1.33 bits per heavy atom. The Labute approximate surface area is 157 Å². The van der Waals surface area contributed by atoms with Gasteiger partial charge in [-0.15, -0.1) is 0 Å². The van der Waals surface area contributed by atoms with Gasteiger partial charge in [-0.2, -0.15) is 0 Å². The molecular weight excluding hydrogens is 345 g/mol. The molecule has 2 aromatic heterocycles. The van der Waals surface area contributed by atoms with Crippen LogP contribution in [0, 0.1) is 5.82 Å². The highest BCUT2D eigenvalue weighted by atomic mass is 19.1. The van der Waals surface area contributed by atoms with Gasteiger partial charge in [-0.25, -0.2) is 19.2 Å². The van der Waals surface area contributed by atoms with Crippen LogP contribution in [0.2, 0.25) is 0 Å². The van der Waals surface area contributed by atoms with Crippen LogP contribution in [-0.2, 0) is 6.54 Å². The zero-order valence-corrected chi connectivity index (χ0v) is 15.2. The summed E-state index contributed by atoms with van der Waals surface area (Å²) < 4.78 is 15.5. The van der Waals surface area contributed by atoms with Gasteiger partial charge < -0.3 is 14.8 Å². The summed E-state index contributed by atoms with van der Waals surface area (Å²) in [6.45, 7) is 4.23. The summed E-state index contributed by atoms with van der Waals surface area (Å²) in [5.74, 6) is 0.795. The summed E-state index contributed by atoms with van der Waals surface area (Å²) in [5, 5.41) is 2.77. The first kappa shape index (κ1) is 17.5. The van der Waals surface area contributed by atoms with E-state index in [9.17, 15) is 9.18 Å². The molecule has 2 amide bonds. The smallest absolute Gasteiger partial charge is 0.321 e. The minimum Gasteiger partial charge on any atom is -0.324 e. The lowest BCUT2D eigenvalue weighted by Crippen LogP contribution is -2.33. The number of fused-ring (bicyclic) bond motifs is 1. The van der Waals surface area contributed by atoms with Crippen LogP contribution in [0.5, 0.6) is 0 Å². The fourth-order valence-electron chi connectivity index (χ4n) is 3.66. The van der Waals surface area contributed by atoms with Gasteiger partial charge in [-0.05, 0) is 43.2 Å².